The maximum absolute atomic E-state index is 11.8. The molecule has 2 aromatic heterocycles. The molecular formula is C14H14N4O2S. The van der Waals surface area contributed by atoms with E-state index in [9.17, 15) is 9.59 Å². The molecular weight excluding hydrogens is 288 g/mol. The van der Waals surface area contributed by atoms with E-state index in [4.69, 9.17) is 12.2 Å². The second-order valence-corrected chi connectivity index (χ2v) is 6.27. The van der Waals surface area contributed by atoms with Gasteiger partial charge in [-0.15, -0.1) is 0 Å². The van der Waals surface area contributed by atoms with Gasteiger partial charge in [-0.3, -0.25) is 14.9 Å². The molecule has 0 amide bonds. The fourth-order valence-electron chi connectivity index (χ4n) is 3.05. The van der Waals surface area contributed by atoms with Crippen LogP contribution in [0.15, 0.2) is 21.9 Å². The molecule has 2 atom stereocenters. The van der Waals surface area contributed by atoms with Crippen LogP contribution in [0.5, 0.6) is 0 Å². The highest BCUT2D eigenvalue weighted by Gasteiger charge is 2.48. The SMILES string of the molecule is O=c1[nH]cc(-c2cc(C3CC3C3CC3)c(=S)[nH]n2)c(=O)[nH]1. The lowest BCUT2D eigenvalue weighted by Crippen LogP contribution is -2.23. The average molecular weight is 302 g/mol. The first-order valence-corrected chi connectivity index (χ1v) is 7.46. The van der Waals surface area contributed by atoms with Crippen molar-refractivity contribution in [3.63, 3.8) is 0 Å². The molecule has 6 nitrogen and oxygen atoms in total. The van der Waals surface area contributed by atoms with E-state index >= 15 is 0 Å². The van der Waals surface area contributed by atoms with E-state index in [2.05, 4.69) is 20.2 Å². The molecule has 0 spiro atoms. The zero-order chi connectivity index (χ0) is 14.6. The summed E-state index contributed by atoms with van der Waals surface area (Å²) in [7, 11) is 0. The first-order valence-electron chi connectivity index (χ1n) is 7.05. The first-order chi connectivity index (χ1) is 10.1. The Hall–Kier alpha value is -2.02. The zero-order valence-electron chi connectivity index (χ0n) is 11.2. The summed E-state index contributed by atoms with van der Waals surface area (Å²) < 4.78 is 0.646. The van der Waals surface area contributed by atoms with Gasteiger partial charge in [0.05, 0.1) is 11.3 Å². The lowest BCUT2D eigenvalue weighted by Gasteiger charge is -2.04. The minimum Gasteiger partial charge on any atom is -0.313 e. The van der Waals surface area contributed by atoms with Crippen LogP contribution in [0.4, 0.5) is 0 Å². The Labute approximate surface area is 124 Å². The van der Waals surface area contributed by atoms with Crippen LogP contribution in [0.25, 0.3) is 11.3 Å². The summed E-state index contributed by atoms with van der Waals surface area (Å²) in [6.07, 6.45) is 5.22. The van der Waals surface area contributed by atoms with Gasteiger partial charge < -0.3 is 4.98 Å². The summed E-state index contributed by atoms with van der Waals surface area (Å²) in [5.41, 5.74) is 0.946. The van der Waals surface area contributed by atoms with Crippen LogP contribution in [0.3, 0.4) is 0 Å². The van der Waals surface area contributed by atoms with Crippen LogP contribution in [0, 0.1) is 16.5 Å². The predicted octanol–water partition coefficient (Wildman–Crippen LogP) is 1.70. The number of rotatable bonds is 3. The van der Waals surface area contributed by atoms with Crippen molar-refractivity contribution in [3.8, 4) is 11.3 Å². The summed E-state index contributed by atoms with van der Waals surface area (Å²) in [5.74, 6) is 2.09. The van der Waals surface area contributed by atoms with Gasteiger partial charge >= 0.3 is 5.69 Å². The van der Waals surface area contributed by atoms with Crippen molar-refractivity contribution < 1.29 is 0 Å². The number of hydrogen-bond donors (Lipinski definition) is 3. The van der Waals surface area contributed by atoms with Crippen LogP contribution in [-0.4, -0.2) is 20.2 Å². The third-order valence-corrected chi connectivity index (χ3v) is 4.72. The fraction of sp³-hybridized carbons (Fsp3) is 0.429. The van der Waals surface area contributed by atoms with Gasteiger partial charge in [-0.2, -0.15) is 5.10 Å². The number of aromatic nitrogens is 4. The van der Waals surface area contributed by atoms with Crippen molar-refractivity contribution >= 4 is 12.2 Å². The normalized spacial score (nSPS) is 24.0. The molecule has 2 unspecified atom stereocenters. The second-order valence-electron chi connectivity index (χ2n) is 5.87. The molecule has 4 rings (SSSR count). The van der Waals surface area contributed by atoms with Gasteiger partial charge in [0.1, 0.15) is 4.64 Å². The predicted molar refractivity (Wildman–Crippen MR) is 79.7 cm³/mol. The van der Waals surface area contributed by atoms with E-state index in [0.717, 1.165) is 17.4 Å². The van der Waals surface area contributed by atoms with Gasteiger partial charge in [-0.05, 0) is 48.6 Å². The molecule has 7 heteroatoms. The highest BCUT2D eigenvalue weighted by molar-refractivity contribution is 7.71. The Morgan fingerprint density at radius 1 is 1.29 bits per heavy atom. The van der Waals surface area contributed by atoms with E-state index in [0.29, 0.717) is 21.8 Å². The number of hydrogen-bond acceptors (Lipinski definition) is 4. The van der Waals surface area contributed by atoms with Gasteiger partial charge in [0.2, 0.25) is 0 Å². The second kappa shape index (κ2) is 4.49. The molecule has 0 radical (unpaired) electrons. The Balaban J connectivity index is 1.75. The van der Waals surface area contributed by atoms with Crippen LogP contribution < -0.4 is 11.2 Å². The molecule has 2 aliphatic carbocycles. The minimum atomic E-state index is -0.524. The van der Waals surface area contributed by atoms with E-state index in [-0.39, 0.29) is 0 Å². The van der Waals surface area contributed by atoms with Crippen molar-refractivity contribution in [2.45, 2.75) is 25.2 Å². The first kappa shape index (κ1) is 12.7. The maximum atomic E-state index is 11.8. The summed E-state index contributed by atoms with van der Waals surface area (Å²) >= 11 is 5.33. The van der Waals surface area contributed by atoms with Crippen molar-refractivity contribution in [2.75, 3.05) is 0 Å². The molecule has 2 heterocycles. The largest absolute Gasteiger partial charge is 0.325 e. The monoisotopic (exact) mass is 302 g/mol. The number of nitrogens with zero attached hydrogens (tertiary/aromatic N) is 1. The molecule has 3 N–H and O–H groups in total. The summed E-state index contributed by atoms with van der Waals surface area (Å²) in [6, 6.07) is 1.88. The molecule has 0 aromatic carbocycles. The number of aromatic amines is 3. The van der Waals surface area contributed by atoms with E-state index in [1.165, 1.54) is 25.5 Å². The lowest BCUT2D eigenvalue weighted by molar-refractivity contribution is 0.687. The minimum absolute atomic E-state index is 0.339. The third-order valence-electron chi connectivity index (χ3n) is 4.39. The van der Waals surface area contributed by atoms with Crippen molar-refractivity contribution in [1.29, 1.82) is 0 Å². The molecule has 108 valence electrons. The molecule has 0 aliphatic heterocycles. The standard InChI is InChI=1S/C14H14N4O2S/c19-12-10(5-15-14(20)16-12)11-4-9(13(21)18-17-11)8-3-7(8)6-1-2-6/h4-8H,1-3H2,(H,18,21)(H2,15,16,19,20). The molecule has 0 saturated heterocycles. The molecule has 2 saturated carbocycles. The van der Waals surface area contributed by atoms with Crippen LogP contribution in [0.1, 0.15) is 30.7 Å². The van der Waals surface area contributed by atoms with Gasteiger partial charge in [0.25, 0.3) is 5.56 Å². The van der Waals surface area contributed by atoms with Crippen LogP contribution >= 0.6 is 12.2 Å². The van der Waals surface area contributed by atoms with E-state index in [1.807, 2.05) is 6.07 Å². The van der Waals surface area contributed by atoms with Gasteiger partial charge in [-0.1, -0.05) is 12.2 Å². The molecule has 2 aromatic rings. The third kappa shape index (κ3) is 2.27. The van der Waals surface area contributed by atoms with Crippen LogP contribution in [0.2, 0.25) is 0 Å². The maximum Gasteiger partial charge on any atom is 0.325 e. The summed E-state index contributed by atoms with van der Waals surface area (Å²) in [4.78, 5) is 27.6. The van der Waals surface area contributed by atoms with E-state index in [1.54, 1.807) is 0 Å². The van der Waals surface area contributed by atoms with Gasteiger partial charge in [-0.25, -0.2) is 4.79 Å². The summed E-state index contributed by atoms with van der Waals surface area (Å²) in [6.45, 7) is 0. The van der Waals surface area contributed by atoms with Gasteiger partial charge in [0.15, 0.2) is 0 Å². The molecule has 2 aliphatic rings. The average Bonchev–Trinajstić information content (AvgIpc) is 3.32. The Morgan fingerprint density at radius 3 is 2.81 bits per heavy atom. The van der Waals surface area contributed by atoms with Crippen molar-refractivity contribution in [3.05, 3.63) is 43.3 Å². The van der Waals surface area contributed by atoms with Crippen molar-refractivity contribution in [1.82, 2.24) is 20.2 Å². The smallest absolute Gasteiger partial charge is 0.313 e. The Bertz CT molecular complexity index is 877. The van der Waals surface area contributed by atoms with Gasteiger partial charge in [0, 0.05) is 6.20 Å². The molecule has 21 heavy (non-hydrogen) atoms. The molecule has 0 bridgehead atoms. The highest BCUT2D eigenvalue weighted by atomic mass is 32.1. The topological polar surface area (TPSA) is 94.4 Å². The fourth-order valence-corrected chi connectivity index (χ4v) is 3.31. The number of nitrogens with one attached hydrogen (secondary N) is 3. The highest BCUT2D eigenvalue weighted by Crippen LogP contribution is 2.59. The number of H-pyrrole nitrogens is 3. The van der Waals surface area contributed by atoms with Crippen molar-refractivity contribution in [2.24, 2.45) is 11.8 Å². The Kier molecular flexibility index (Phi) is 2.72. The quantitative estimate of drug-likeness (QED) is 0.752. The zero-order valence-corrected chi connectivity index (χ0v) is 12.0. The van der Waals surface area contributed by atoms with E-state index < -0.39 is 11.2 Å². The lowest BCUT2D eigenvalue weighted by atomic mass is 10.1. The molecule has 2 fully saturated rings. The Morgan fingerprint density at radius 2 is 2.10 bits per heavy atom. The van der Waals surface area contributed by atoms with Crippen LogP contribution in [-0.2, 0) is 0 Å². The summed E-state index contributed by atoms with van der Waals surface area (Å²) in [5, 5.41) is 6.95.